The van der Waals surface area contributed by atoms with Crippen molar-refractivity contribution in [2.45, 2.75) is 119 Å². The van der Waals surface area contributed by atoms with Gasteiger partial charge in [-0.2, -0.15) is 24.6 Å². The maximum absolute atomic E-state index is 14.8. The van der Waals surface area contributed by atoms with E-state index in [4.69, 9.17) is 121 Å². The third-order valence-electron chi connectivity index (χ3n) is 24.0. The van der Waals surface area contributed by atoms with Crippen molar-refractivity contribution < 1.29 is 51.7 Å². The first-order valence-electron chi connectivity index (χ1n) is 42.4. The third-order valence-corrected chi connectivity index (χ3v) is 27.5. The van der Waals surface area contributed by atoms with Gasteiger partial charge in [-0.05, 0) is 131 Å². The summed E-state index contributed by atoms with van der Waals surface area (Å²) in [5.74, 6) is -12.2. The minimum atomic E-state index is -1.65. The maximum Gasteiger partial charge on any atom is 0.276 e. The molecule has 15 rings (SSSR count). The minimum absolute atomic E-state index is 0.00925. The number of carbonyl (C=O) groups excluding carboxylic acids is 3. The van der Waals surface area contributed by atoms with Gasteiger partial charge in [-0.25, -0.2) is 28.1 Å². The summed E-state index contributed by atoms with van der Waals surface area (Å²) in [6.45, 7) is 35.4. The molecule has 42 heteroatoms. The van der Waals surface area contributed by atoms with Crippen molar-refractivity contribution in [2.75, 3.05) is 73.6 Å². The van der Waals surface area contributed by atoms with E-state index in [2.05, 4.69) is 62.9 Å². The Labute approximate surface area is 836 Å². The van der Waals surface area contributed by atoms with E-state index in [-0.39, 0.29) is 204 Å². The van der Waals surface area contributed by atoms with Crippen LogP contribution in [0.15, 0.2) is 107 Å². The molecule has 0 aliphatic carbocycles. The number of pyridine rings is 9. The summed E-state index contributed by atoms with van der Waals surface area (Å²) in [7, 11) is 0. The molecule has 0 saturated carbocycles. The van der Waals surface area contributed by atoms with Crippen LogP contribution in [0.5, 0.6) is 17.2 Å². The van der Waals surface area contributed by atoms with Crippen LogP contribution in [0, 0.1) is 83.9 Å². The van der Waals surface area contributed by atoms with E-state index in [9.17, 15) is 81.8 Å². The molecule has 3 N–H and O–H groups in total. The lowest BCUT2D eigenvalue weighted by atomic mass is 10.0. The molecule has 3 atom stereocenters. The Balaban J connectivity index is 0.000000175. The highest BCUT2D eigenvalue weighted by Crippen LogP contribution is 2.53. The minimum Gasteiger partial charge on any atom is -0.504 e. The summed E-state index contributed by atoms with van der Waals surface area (Å²) < 4.78 is 76.6. The number of nitrogens with zero attached hydrogens (tertiary/aromatic N) is 18. The molecule has 12 aromatic rings. The molecule has 9 aromatic heterocycles. The lowest BCUT2D eigenvalue weighted by Crippen LogP contribution is -2.54. The van der Waals surface area contributed by atoms with Crippen LogP contribution in [-0.4, -0.2) is 168 Å². The number of hydrogen-bond acceptors (Lipinski definition) is 21. The van der Waals surface area contributed by atoms with Crippen molar-refractivity contribution in [3.05, 3.63) is 254 Å². The number of benzene rings is 3. The van der Waals surface area contributed by atoms with Crippen LogP contribution in [0.4, 0.5) is 39.0 Å². The second-order valence-electron chi connectivity index (χ2n) is 33.6. The number of phenols is 3. The highest BCUT2D eigenvalue weighted by atomic mass is 35.5. The van der Waals surface area contributed by atoms with Crippen LogP contribution in [0.2, 0.25) is 50.2 Å². The van der Waals surface area contributed by atoms with Gasteiger partial charge in [0, 0.05) is 128 Å². The largest absolute Gasteiger partial charge is 0.504 e. The normalized spacial score (nSPS) is 15.0. The summed E-state index contributed by atoms with van der Waals surface area (Å²) in [6.07, 6.45) is 8.53. The zero-order valence-electron chi connectivity index (χ0n) is 75.4. The first-order chi connectivity index (χ1) is 65.2. The lowest BCUT2D eigenvalue weighted by Gasteiger charge is -2.41. The van der Waals surface area contributed by atoms with E-state index in [0.29, 0.717) is 69.3 Å². The van der Waals surface area contributed by atoms with Crippen molar-refractivity contribution in [3.8, 4) is 86.3 Å². The molecule has 3 amide bonds. The maximum atomic E-state index is 14.8. The zero-order valence-corrected chi connectivity index (χ0v) is 82.9. The van der Waals surface area contributed by atoms with Crippen LogP contribution in [0.1, 0.15) is 131 Å². The van der Waals surface area contributed by atoms with Gasteiger partial charge < -0.3 is 44.7 Å². The molecule has 0 bridgehead atoms. The predicted octanol–water partition coefficient (Wildman–Crippen LogP) is 21.3. The fourth-order valence-electron chi connectivity index (χ4n) is 17.4. The number of halogens is 15. The van der Waals surface area contributed by atoms with Crippen LogP contribution in [-0.2, 0) is 14.4 Å². The Morgan fingerprint density at radius 1 is 0.399 bits per heavy atom. The number of fused-ring (bicyclic) bond motifs is 3. The Hall–Kier alpha value is -12.4. The van der Waals surface area contributed by atoms with Crippen molar-refractivity contribution in [2.24, 2.45) is 0 Å². The first kappa shape index (κ1) is 103. The number of aromatic nitrogens is 9. The second-order valence-corrected chi connectivity index (χ2v) is 37.4. The summed E-state index contributed by atoms with van der Waals surface area (Å²) in [4.78, 5) is 119. The fraction of sp³-hybridized carbons (Fsp3) is 0.281. The van der Waals surface area contributed by atoms with Gasteiger partial charge in [-0.15, -0.1) is 0 Å². The van der Waals surface area contributed by atoms with Crippen LogP contribution in [0.3, 0.4) is 0 Å². The average molecular weight is 2080 g/mol. The quantitative estimate of drug-likeness (QED) is 0.0371. The van der Waals surface area contributed by atoms with Gasteiger partial charge in [-0.1, -0.05) is 177 Å². The number of aryl methyl sites for hydroxylation is 3. The number of hydrogen-bond donors (Lipinski definition) is 3. The Morgan fingerprint density at radius 3 is 0.891 bits per heavy atom. The number of carbonyl (C=O) groups is 3. The molecule has 3 aliphatic rings. The molecule has 3 fully saturated rings. The van der Waals surface area contributed by atoms with Gasteiger partial charge in [-0.3, -0.25) is 57.4 Å². The number of anilines is 3. The van der Waals surface area contributed by atoms with Crippen molar-refractivity contribution >= 4 is 184 Å². The number of amides is 3. The van der Waals surface area contributed by atoms with Crippen LogP contribution < -0.4 is 31.4 Å². The first-order valence-corrected chi connectivity index (χ1v) is 46.2. The predicted molar refractivity (Wildman–Crippen MR) is 528 cm³/mol. The molecule has 3 aromatic carbocycles. The van der Waals surface area contributed by atoms with Crippen molar-refractivity contribution in [1.82, 2.24) is 58.3 Å². The van der Waals surface area contributed by atoms with Gasteiger partial charge in [0.15, 0.2) is 34.7 Å². The summed E-state index contributed by atoms with van der Waals surface area (Å²) >= 11 is 64.2. The van der Waals surface area contributed by atoms with E-state index in [1.54, 1.807) is 72.3 Å². The highest BCUT2D eigenvalue weighted by Gasteiger charge is 2.40. The molecular formula is C96H81Cl10F5N18O9. The zero-order chi connectivity index (χ0) is 101. The molecule has 0 radical (unpaired) electrons. The molecule has 0 unspecified atom stereocenters. The van der Waals surface area contributed by atoms with E-state index < -0.39 is 104 Å². The summed E-state index contributed by atoms with van der Waals surface area (Å²) in [6, 6.07) is 14.8. The standard InChI is InChI=1S/C32H27Cl4FN6O3.2C32H27Cl3F2N6O3/c3*1-6-20(44)42-10-9-41(13-16(42)5)29-17-11-19(33)27(21-22(34)24(36)25(37)30(45)23(21)35)40-31(17)43(32(46)18(29)12-38)28-15(4)7-8-39-26(28)14(2)3/h3*6-8,11,14,16,45H,1,9-10,13H2,2-5H3/t3*16-/m111/s1. The number of aromatic hydroxyl groups is 3. The van der Waals surface area contributed by atoms with E-state index in [1.807, 2.05) is 77.0 Å². The average Bonchev–Trinajstić information content (AvgIpc) is 0.726. The van der Waals surface area contributed by atoms with E-state index in [1.165, 1.54) is 50.1 Å². The Bertz CT molecular complexity index is 6790. The smallest absolute Gasteiger partial charge is 0.276 e. The van der Waals surface area contributed by atoms with Gasteiger partial charge in [0.25, 0.3) is 16.7 Å². The van der Waals surface area contributed by atoms with Gasteiger partial charge in [0.1, 0.15) is 51.8 Å². The van der Waals surface area contributed by atoms with Gasteiger partial charge in [0.05, 0.1) is 119 Å². The monoisotopic (exact) mass is 2070 g/mol. The molecule has 3 aliphatic heterocycles. The van der Waals surface area contributed by atoms with Gasteiger partial charge >= 0.3 is 0 Å². The van der Waals surface area contributed by atoms with Gasteiger partial charge in [0.2, 0.25) is 29.4 Å². The third kappa shape index (κ3) is 18.1. The molecular weight excluding hydrogens is 2000 g/mol. The lowest BCUT2D eigenvalue weighted by molar-refractivity contribution is -0.129. The van der Waals surface area contributed by atoms with E-state index >= 15 is 0 Å². The number of piperazine rings is 3. The van der Waals surface area contributed by atoms with E-state index in [0.717, 1.165) is 0 Å². The fourth-order valence-corrected chi connectivity index (χ4v) is 20.1. The SMILES string of the molecule is C=CC(=O)N1CCN(c2c(C#N)c(=O)n(-c3c(C)ccnc3C(C)C)c3nc(-c4c(Cl)c(O)c(F)c(Cl)c4Cl)c(Cl)cc23)C[C@H]1C.C=CC(=O)N1CCN(c2c(C#N)c(=O)n(-c3c(C)ccnc3C(C)C)c3nc(-c4c(Cl)c(O)c(F)c(F)c4Cl)c(Cl)cc23)C[C@H]1C.C=CC(=O)N1CCN(c2c(C#N)c(=O)n(-c3c(C)ccnc3C(C)C)c3nc(-c4c(Cl)c(O)c(F)c(F)c4Cl)c(Cl)cc23)C[C@H]1C. The molecule has 27 nitrogen and oxygen atoms in total. The van der Waals surface area contributed by atoms with Crippen molar-refractivity contribution in [3.63, 3.8) is 0 Å². The number of rotatable bonds is 15. The van der Waals surface area contributed by atoms with Crippen LogP contribution in [0.25, 0.3) is 83.9 Å². The Kier molecular flexibility index (Phi) is 30.6. The Morgan fingerprint density at radius 2 is 0.652 bits per heavy atom. The molecule has 3 saturated heterocycles. The van der Waals surface area contributed by atoms with Crippen LogP contribution >= 0.6 is 116 Å². The summed E-state index contributed by atoms with van der Waals surface area (Å²) in [5.41, 5.74) is 1.37. The second kappa shape index (κ2) is 41.0. The number of nitriles is 3. The molecule has 714 valence electrons. The number of phenolic OH excluding ortho intramolecular Hbond substituents is 3. The molecule has 0 spiro atoms. The summed E-state index contributed by atoms with van der Waals surface area (Å²) in [5, 5.41) is 58.5. The molecule has 138 heavy (non-hydrogen) atoms. The molecule has 12 heterocycles. The highest BCUT2D eigenvalue weighted by molar-refractivity contribution is 6.48. The topological polar surface area (TPSA) is 346 Å². The van der Waals surface area contributed by atoms with Crippen molar-refractivity contribution in [1.29, 1.82) is 15.8 Å².